The number of primary sulfonamides is 1. The number of hydrogen-bond acceptors (Lipinski definition) is 5. The van der Waals surface area contributed by atoms with Crippen molar-refractivity contribution < 1.29 is 17.9 Å². The molecule has 0 aliphatic heterocycles. The van der Waals surface area contributed by atoms with Crippen LogP contribution in [0, 0.1) is 0 Å². The van der Waals surface area contributed by atoms with E-state index in [-0.39, 0.29) is 17.4 Å². The molecule has 1 heterocycles. The Morgan fingerprint density at radius 1 is 1.38 bits per heavy atom. The molecule has 0 saturated carbocycles. The molecule has 1 amide bonds. The van der Waals surface area contributed by atoms with Crippen LogP contribution in [0.3, 0.4) is 0 Å². The second-order valence-electron chi connectivity index (χ2n) is 4.25. The van der Waals surface area contributed by atoms with E-state index >= 15 is 0 Å². The molecular formula is C13H15N3O4S. The zero-order valence-corrected chi connectivity index (χ0v) is 12.2. The monoisotopic (exact) mass is 309 g/mol. The highest BCUT2D eigenvalue weighted by Crippen LogP contribution is 2.28. The van der Waals surface area contributed by atoms with Gasteiger partial charge >= 0.3 is 0 Å². The lowest BCUT2D eigenvalue weighted by Gasteiger charge is -2.10. The number of benzene rings is 1. The number of hydrogen-bond donors (Lipinski definition) is 2. The van der Waals surface area contributed by atoms with E-state index < -0.39 is 10.0 Å². The molecule has 0 atom stereocenters. The van der Waals surface area contributed by atoms with Crippen LogP contribution in [-0.2, 0) is 14.8 Å². The molecule has 0 spiro atoms. The van der Waals surface area contributed by atoms with Gasteiger partial charge in [0, 0.05) is 18.1 Å². The van der Waals surface area contributed by atoms with Gasteiger partial charge in [0.2, 0.25) is 10.0 Å². The lowest BCUT2D eigenvalue weighted by molar-refractivity contribution is -0.122. The van der Waals surface area contributed by atoms with Crippen LogP contribution in [0.25, 0.3) is 10.9 Å². The van der Waals surface area contributed by atoms with Crippen molar-refractivity contribution in [2.45, 2.75) is 11.8 Å². The highest BCUT2D eigenvalue weighted by atomic mass is 32.2. The van der Waals surface area contributed by atoms with Crippen LogP contribution in [0.5, 0.6) is 5.75 Å². The number of fused-ring (bicyclic) bond motifs is 1. The van der Waals surface area contributed by atoms with Gasteiger partial charge in [0.1, 0.15) is 11.3 Å². The number of carbonyl (C=O) groups is 1. The summed E-state index contributed by atoms with van der Waals surface area (Å²) in [4.78, 5) is 15.5. The topological polar surface area (TPSA) is 111 Å². The van der Waals surface area contributed by atoms with E-state index in [0.717, 1.165) is 0 Å². The number of nitrogens with one attached hydrogen (secondary N) is 1. The largest absolute Gasteiger partial charge is 0.481 e. The summed E-state index contributed by atoms with van der Waals surface area (Å²) in [5.41, 5.74) is 0.341. The number of pyridine rings is 1. The Labute approximate surface area is 122 Å². The molecule has 7 nitrogen and oxygen atoms in total. The number of amides is 1. The molecule has 1 aromatic heterocycles. The Morgan fingerprint density at radius 3 is 2.81 bits per heavy atom. The van der Waals surface area contributed by atoms with Crippen LogP contribution >= 0.6 is 0 Å². The number of nitrogens with two attached hydrogens (primary N) is 1. The molecule has 0 unspecified atom stereocenters. The molecule has 8 heteroatoms. The zero-order valence-electron chi connectivity index (χ0n) is 11.4. The van der Waals surface area contributed by atoms with Crippen LogP contribution in [0.1, 0.15) is 6.92 Å². The summed E-state index contributed by atoms with van der Waals surface area (Å²) < 4.78 is 28.5. The van der Waals surface area contributed by atoms with E-state index in [0.29, 0.717) is 23.2 Å². The summed E-state index contributed by atoms with van der Waals surface area (Å²) in [6, 6.07) is 5.96. The van der Waals surface area contributed by atoms with Gasteiger partial charge in [-0.2, -0.15) is 0 Å². The smallest absolute Gasteiger partial charge is 0.257 e. The lowest BCUT2D eigenvalue weighted by Crippen LogP contribution is -2.28. The van der Waals surface area contributed by atoms with Gasteiger partial charge in [0.05, 0.1) is 4.90 Å². The van der Waals surface area contributed by atoms with Crippen molar-refractivity contribution >= 4 is 26.8 Å². The summed E-state index contributed by atoms with van der Waals surface area (Å²) in [7, 11) is -3.86. The molecule has 2 rings (SSSR count). The third kappa shape index (κ3) is 3.47. The van der Waals surface area contributed by atoms with Crippen molar-refractivity contribution in [3.05, 3.63) is 30.5 Å². The maximum absolute atomic E-state index is 11.6. The van der Waals surface area contributed by atoms with Crippen molar-refractivity contribution in [2.75, 3.05) is 13.2 Å². The standard InChI is InChI=1S/C13H15N3O4S/c1-2-15-12(17)8-20-10-5-6-11(21(14,18)19)9-4-3-7-16-13(9)10/h3-7H,2,8H2,1H3,(H,15,17)(H2,14,18,19). The molecule has 0 saturated heterocycles. The van der Waals surface area contributed by atoms with Crippen LogP contribution in [0.15, 0.2) is 35.4 Å². The molecule has 112 valence electrons. The van der Waals surface area contributed by atoms with Gasteiger partial charge in [-0.05, 0) is 31.2 Å². The summed E-state index contributed by atoms with van der Waals surface area (Å²) in [6.07, 6.45) is 1.51. The first kappa shape index (κ1) is 15.2. The summed E-state index contributed by atoms with van der Waals surface area (Å²) in [6.45, 7) is 2.13. The van der Waals surface area contributed by atoms with Crippen molar-refractivity contribution in [3.63, 3.8) is 0 Å². The Bertz CT molecular complexity index is 774. The van der Waals surface area contributed by atoms with Gasteiger partial charge in [-0.15, -0.1) is 0 Å². The Morgan fingerprint density at radius 2 is 2.14 bits per heavy atom. The first-order chi connectivity index (χ1) is 9.93. The van der Waals surface area contributed by atoms with Gasteiger partial charge in [-0.1, -0.05) is 0 Å². The number of ether oxygens (including phenoxy) is 1. The second-order valence-corrected chi connectivity index (χ2v) is 5.78. The van der Waals surface area contributed by atoms with Gasteiger partial charge in [0.15, 0.2) is 6.61 Å². The molecule has 0 radical (unpaired) electrons. The third-order valence-electron chi connectivity index (χ3n) is 2.73. The van der Waals surface area contributed by atoms with E-state index in [4.69, 9.17) is 9.88 Å². The number of rotatable bonds is 5. The van der Waals surface area contributed by atoms with Crippen LogP contribution < -0.4 is 15.2 Å². The van der Waals surface area contributed by atoms with Gasteiger partial charge in [0.25, 0.3) is 5.91 Å². The van der Waals surface area contributed by atoms with E-state index in [9.17, 15) is 13.2 Å². The number of carbonyl (C=O) groups excluding carboxylic acids is 1. The minimum Gasteiger partial charge on any atom is -0.481 e. The predicted octanol–water partition coefficient (Wildman–Crippen LogP) is 0.397. The van der Waals surface area contributed by atoms with Gasteiger partial charge < -0.3 is 10.1 Å². The molecular weight excluding hydrogens is 294 g/mol. The quantitative estimate of drug-likeness (QED) is 0.830. The lowest BCUT2D eigenvalue weighted by atomic mass is 10.2. The summed E-state index contributed by atoms with van der Waals surface area (Å²) >= 11 is 0. The average molecular weight is 309 g/mol. The fourth-order valence-electron chi connectivity index (χ4n) is 1.88. The Kier molecular flexibility index (Phi) is 4.39. The number of likely N-dealkylation sites (N-methyl/N-ethyl adjacent to an activating group) is 1. The summed E-state index contributed by atoms with van der Waals surface area (Å²) in [5, 5.41) is 8.13. The molecule has 0 bridgehead atoms. The number of sulfonamides is 1. The van der Waals surface area contributed by atoms with Crippen molar-refractivity contribution in [2.24, 2.45) is 5.14 Å². The van der Waals surface area contributed by atoms with Crippen molar-refractivity contribution in [1.29, 1.82) is 0 Å². The van der Waals surface area contributed by atoms with E-state index in [2.05, 4.69) is 10.3 Å². The van der Waals surface area contributed by atoms with Crippen LogP contribution in [0.2, 0.25) is 0 Å². The second kappa shape index (κ2) is 6.06. The Hall–Kier alpha value is -2.19. The number of aromatic nitrogens is 1. The highest BCUT2D eigenvalue weighted by Gasteiger charge is 2.16. The predicted molar refractivity (Wildman–Crippen MR) is 77.3 cm³/mol. The van der Waals surface area contributed by atoms with Crippen LogP contribution in [-0.4, -0.2) is 32.5 Å². The average Bonchev–Trinajstić information content (AvgIpc) is 2.43. The first-order valence-corrected chi connectivity index (χ1v) is 7.78. The zero-order chi connectivity index (χ0) is 15.5. The van der Waals surface area contributed by atoms with Crippen molar-refractivity contribution in [1.82, 2.24) is 10.3 Å². The van der Waals surface area contributed by atoms with Crippen molar-refractivity contribution in [3.8, 4) is 5.75 Å². The molecule has 3 N–H and O–H groups in total. The van der Waals surface area contributed by atoms with Crippen LogP contribution in [0.4, 0.5) is 0 Å². The third-order valence-corrected chi connectivity index (χ3v) is 3.70. The minimum absolute atomic E-state index is 0.0315. The Balaban J connectivity index is 2.41. The molecule has 2 aromatic rings. The first-order valence-electron chi connectivity index (χ1n) is 6.23. The molecule has 21 heavy (non-hydrogen) atoms. The molecule has 0 aliphatic carbocycles. The van der Waals surface area contributed by atoms with E-state index in [1.54, 1.807) is 19.1 Å². The number of nitrogens with zero attached hydrogens (tertiary/aromatic N) is 1. The van der Waals surface area contributed by atoms with Gasteiger partial charge in [-0.25, -0.2) is 13.6 Å². The normalized spacial score (nSPS) is 11.3. The fraction of sp³-hybridized carbons (Fsp3) is 0.231. The molecule has 0 fully saturated rings. The van der Waals surface area contributed by atoms with Gasteiger partial charge in [-0.3, -0.25) is 9.78 Å². The molecule has 0 aliphatic rings. The maximum atomic E-state index is 11.6. The highest BCUT2D eigenvalue weighted by molar-refractivity contribution is 7.89. The fourth-order valence-corrected chi connectivity index (χ4v) is 2.61. The van der Waals surface area contributed by atoms with E-state index in [1.165, 1.54) is 18.3 Å². The minimum atomic E-state index is -3.86. The molecule has 1 aromatic carbocycles. The SMILES string of the molecule is CCNC(=O)COc1ccc(S(N)(=O)=O)c2cccnc12. The maximum Gasteiger partial charge on any atom is 0.257 e. The summed E-state index contributed by atoms with van der Waals surface area (Å²) in [5.74, 6) is 0.0568. The van der Waals surface area contributed by atoms with E-state index in [1.807, 2.05) is 0 Å².